The van der Waals surface area contributed by atoms with Gasteiger partial charge in [-0.2, -0.15) is 0 Å². The van der Waals surface area contributed by atoms with E-state index in [1.807, 2.05) is 6.92 Å². The third-order valence-electron chi connectivity index (χ3n) is 5.27. The summed E-state index contributed by atoms with van der Waals surface area (Å²) in [6.45, 7) is 6.40. The molecular weight excluding hydrogens is 365 g/mol. The van der Waals surface area contributed by atoms with E-state index in [2.05, 4.69) is 13.8 Å². The minimum Gasteiger partial charge on any atom is -1.00 e. The Kier molecular flexibility index (Phi) is 21.4. The minimum atomic E-state index is -1.12. The third-order valence-corrected chi connectivity index (χ3v) is 5.27. The maximum absolute atomic E-state index is 11.8. The Balaban J connectivity index is -0.00000113. The molecule has 1 atom stereocenters. The fourth-order valence-electron chi connectivity index (χ4n) is 3.57. The van der Waals surface area contributed by atoms with Gasteiger partial charge in [-0.15, -0.1) is 0 Å². The van der Waals surface area contributed by atoms with E-state index >= 15 is 0 Å². The summed E-state index contributed by atoms with van der Waals surface area (Å²) in [6, 6.07) is 0. The molecule has 1 unspecified atom stereocenters. The van der Waals surface area contributed by atoms with E-state index in [0.29, 0.717) is 0 Å². The van der Waals surface area contributed by atoms with Crippen molar-refractivity contribution in [1.82, 2.24) is 0 Å². The number of carbonyl (C=O) groups is 2. The Morgan fingerprint density at radius 1 is 0.750 bits per heavy atom. The van der Waals surface area contributed by atoms with Crippen molar-refractivity contribution in [2.24, 2.45) is 0 Å². The van der Waals surface area contributed by atoms with Gasteiger partial charge in [-0.1, -0.05) is 90.9 Å². The van der Waals surface area contributed by atoms with Crippen molar-refractivity contribution in [3.63, 3.8) is 0 Å². The quantitative estimate of drug-likeness (QED) is 0.109. The smallest absolute Gasteiger partial charge is 1.00 e. The van der Waals surface area contributed by atoms with Crippen LogP contribution in [0.1, 0.15) is 133 Å². The molecule has 5 heteroatoms. The molecule has 0 saturated heterocycles. The van der Waals surface area contributed by atoms with Crippen molar-refractivity contribution in [2.45, 2.75) is 136 Å². The molecule has 0 radical (unpaired) electrons. The van der Waals surface area contributed by atoms with E-state index in [0.717, 1.165) is 38.5 Å². The van der Waals surface area contributed by atoms with Gasteiger partial charge in [-0.3, -0.25) is 9.59 Å². The molecule has 0 aliphatic carbocycles. The summed E-state index contributed by atoms with van der Waals surface area (Å²) in [5.41, 5.74) is -0.513. The molecule has 0 aromatic heterocycles. The van der Waals surface area contributed by atoms with Crippen LogP contribution in [0.2, 0.25) is 0 Å². The predicted octanol–water partition coefficient (Wildman–Crippen LogP) is 6.89. The zero-order valence-corrected chi connectivity index (χ0v) is 20.3. The number of carbonyl (C=O) groups excluding carboxylic acids is 1. The monoisotopic (exact) mass is 410 g/mol. The number of hydrogen-bond acceptors (Lipinski definition) is 3. The molecule has 0 bridgehead atoms. The number of ether oxygens (including phenoxy) is 1. The summed E-state index contributed by atoms with van der Waals surface area (Å²) in [7, 11) is 0. The normalized spacial score (nSPS) is 12.8. The molecule has 164 valence electrons. The van der Waals surface area contributed by atoms with Crippen LogP contribution in [0.5, 0.6) is 0 Å². The molecule has 0 aromatic carbocycles. The van der Waals surface area contributed by atoms with Gasteiger partial charge in [0, 0.05) is 0 Å². The molecule has 0 aromatic rings. The summed E-state index contributed by atoms with van der Waals surface area (Å²) in [5.74, 6) is -1.72. The second-order valence-corrected chi connectivity index (χ2v) is 8.24. The van der Waals surface area contributed by atoms with Gasteiger partial charge in [0.15, 0.2) is 0 Å². The molecule has 4 nitrogen and oxygen atoms in total. The van der Waals surface area contributed by atoms with Gasteiger partial charge in [0.05, 0.1) is 0 Å². The maximum atomic E-state index is 11.8. The third kappa shape index (κ3) is 19.0. The van der Waals surface area contributed by atoms with E-state index < -0.39 is 24.0 Å². The number of esters is 1. The molecule has 28 heavy (non-hydrogen) atoms. The Morgan fingerprint density at radius 3 is 1.50 bits per heavy atom. The first kappa shape index (κ1) is 29.9. The average molecular weight is 411 g/mol. The number of hydrogen-bond donors (Lipinski definition) is 1. The molecule has 0 aliphatic heterocycles. The number of unbranched alkanes of at least 4 members (excludes halogenated alkanes) is 12. The fourth-order valence-corrected chi connectivity index (χ4v) is 3.57. The Bertz CT molecular complexity index is 397. The van der Waals surface area contributed by atoms with E-state index in [-0.39, 0.29) is 25.9 Å². The van der Waals surface area contributed by atoms with Crippen molar-refractivity contribution in [3.05, 3.63) is 0 Å². The van der Waals surface area contributed by atoms with Crippen LogP contribution in [0.25, 0.3) is 0 Å². The van der Waals surface area contributed by atoms with Crippen LogP contribution in [0.4, 0.5) is 0 Å². The molecule has 0 heterocycles. The molecule has 0 amide bonds. The molecule has 0 fully saturated rings. The van der Waals surface area contributed by atoms with E-state index in [1.165, 1.54) is 64.2 Å². The van der Waals surface area contributed by atoms with Crippen molar-refractivity contribution in [1.29, 1.82) is 0 Å². The molecule has 0 saturated carbocycles. The van der Waals surface area contributed by atoms with Crippen LogP contribution >= 0.6 is 0 Å². The van der Waals surface area contributed by atoms with Gasteiger partial charge in [0.25, 0.3) is 0 Å². The summed E-state index contributed by atoms with van der Waals surface area (Å²) < 4.78 is 5.59. The molecule has 0 rings (SSSR count). The van der Waals surface area contributed by atoms with Crippen LogP contribution in [0.3, 0.4) is 0 Å². The zero-order valence-electron chi connectivity index (χ0n) is 20.9. The number of carboxylic acids is 1. The van der Waals surface area contributed by atoms with Gasteiger partial charge in [-0.25, -0.2) is 0 Å². The fraction of sp³-hybridized carbons (Fsp3) is 0.913. The van der Waals surface area contributed by atoms with Gasteiger partial charge in [-0.05, 0) is 32.6 Å². The second-order valence-electron chi connectivity index (χ2n) is 8.24. The largest absolute Gasteiger partial charge is 2.00 e. The van der Waals surface area contributed by atoms with Crippen molar-refractivity contribution < 1.29 is 22.3 Å². The summed E-state index contributed by atoms with van der Waals surface area (Å²) in [6.07, 6.45) is 18.5. The maximum Gasteiger partial charge on any atom is 2.00 e. The minimum absolute atomic E-state index is 0. The van der Waals surface area contributed by atoms with Gasteiger partial charge < -0.3 is 12.7 Å². The summed E-state index contributed by atoms with van der Waals surface area (Å²) in [5, 5.41) is 8.79. The van der Waals surface area contributed by atoms with Crippen molar-refractivity contribution >= 4 is 35.0 Å². The van der Waals surface area contributed by atoms with Crippen LogP contribution < -0.4 is 0 Å². The van der Waals surface area contributed by atoms with E-state index in [9.17, 15) is 9.59 Å². The van der Waals surface area contributed by atoms with Crippen molar-refractivity contribution in [3.8, 4) is 0 Å². The van der Waals surface area contributed by atoms with Crippen LogP contribution in [0, 0.1) is 0 Å². The summed E-state index contributed by atoms with van der Waals surface area (Å²) in [4.78, 5) is 22.6. The first-order chi connectivity index (χ1) is 12.9. The zero-order chi connectivity index (χ0) is 20.4. The molecule has 0 aliphatic rings. The second kappa shape index (κ2) is 20.0. The first-order valence-corrected chi connectivity index (χ1v) is 11.4. The predicted molar refractivity (Wildman–Crippen MR) is 120 cm³/mol. The van der Waals surface area contributed by atoms with Gasteiger partial charge in [0.2, 0.25) is 0 Å². The van der Waals surface area contributed by atoms with E-state index in [1.54, 1.807) is 0 Å². The Hall–Kier alpha value is -0.294. The summed E-state index contributed by atoms with van der Waals surface area (Å²) >= 11 is 0. The molecular formula is C23H46MgO4. The Morgan fingerprint density at radius 2 is 1.11 bits per heavy atom. The van der Waals surface area contributed by atoms with Gasteiger partial charge >= 0.3 is 35.0 Å². The molecule has 0 spiro atoms. The standard InChI is InChI=1S/C23H44O4.Mg.2H/c1-4-6-8-10-11-12-13-14-15-17-19-23(3,18-16-9-7-5-2)27-22(26)20-21(24)25;;;/h4-20H2,1-3H3,(H,24,25);;;/q;+2;2*-1. The van der Waals surface area contributed by atoms with Crippen LogP contribution in [-0.2, 0) is 14.3 Å². The van der Waals surface area contributed by atoms with E-state index in [4.69, 9.17) is 9.84 Å². The van der Waals surface area contributed by atoms with Crippen molar-refractivity contribution in [2.75, 3.05) is 0 Å². The van der Waals surface area contributed by atoms with Gasteiger partial charge in [0.1, 0.15) is 12.0 Å². The number of aliphatic carboxylic acids is 1. The van der Waals surface area contributed by atoms with Crippen LogP contribution in [0.15, 0.2) is 0 Å². The number of carboxylic acid groups (broad SMARTS) is 1. The first-order valence-electron chi connectivity index (χ1n) is 11.4. The van der Waals surface area contributed by atoms with Crippen LogP contribution in [-0.4, -0.2) is 45.7 Å². The average Bonchev–Trinajstić information content (AvgIpc) is 2.59. The SMILES string of the molecule is CCCCCCCCCCCCC(C)(CCCCCC)OC(=O)CC(=O)O.[H-].[H-].[Mg+2]. The topological polar surface area (TPSA) is 63.6 Å². The Labute approximate surface area is 192 Å². The molecule has 1 N–H and O–H groups in total. The number of rotatable bonds is 19.